The third-order valence-corrected chi connectivity index (χ3v) is 7.51. The molecular formula is C30H43N3O3. The summed E-state index contributed by atoms with van der Waals surface area (Å²) in [4.78, 5) is 19.5. The van der Waals surface area contributed by atoms with Gasteiger partial charge >= 0.3 is 5.97 Å². The van der Waals surface area contributed by atoms with Crippen LogP contribution in [0.3, 0.4) is 0 Å². The van der Waals surface area contributed by atoms with E-state index in [-0.39, 0.29) is 5.97 Å². The Hall–Kier alpha value is -2.73. The first kappa shape index (κ1) is 26.3. The van der Waals surface area contributed by atoms with Crippen LogP contribution in [0, 0.1) is 0 Å². The highest BCUT2D eigenvalue weighted by molar-refractivity contribution is 5.89. The monoisotopic (exact) mass is 493 g/mol. The van der Waals surface area contributed by atoms with Gasteiger partial charge in [0, 0.05) is 56.7 Å². The van der Waals surface area contributed by atoms with Crippen molar-refractivity contribution in [3.63, 3.8) is 0 Å². The molecule has 0 spiro atoms. The minimum Gasteiger partial charge on any atom is -0.494 e. The average molecular weight is 494 g/mol. The van der Waals surface area contributed by atoms with Crippen molar-refractivity contribution in [3.05, 3.63) is 54.1 Å². The van der Waals surface area contributed by atoms with Crippen LogP contribution in [0.5, 0.6) is 5.75 Å². The van der Waals surface area contributed by atoms with Crippen molar-refractivity contribution in [2.24, 2.45) is 0 Å². The Balaban J connectivity index is 1.18. The van der Waals surface area contributed by atoms with Crippen molar-refractivity contribution >= 4 is 17.3 Å². The summed E-state index contributed by atoms with van der Waals surface area (Å²) >= 11 is 0. The van der Waals surface area contributed by atoms with E-state index in [1.54, 1.807) is 0 Å². The van der Waals surface area contributed by atoms with E-state index in [2.05, 4.69) is 45.9 Å². The Morgan fingerprint density at radius 1 is 0.778 bits per heavy atom. The van der Waals surface area contributed by atoms with Crippen LogP contribution in [0.4, 0.5) is 11.4 Å². The maximum absolute atomic E-state index is 11.9. The number of carbonyl (C=O) groups excluding carboxylic acids is 1. The van der Waals surface area contributed by atoms with E-state index < -0.39 is 0 Å². The first-order valence-electron chi connectivity index (χ1n) is 13.9. The molecule has 0 radical (unpaired) electrons. The number of unbranched alkanes of at least 4 members (excludes halogenated alkanes) is 3. The first-order valence-corrected chi connectivity index (χ1v) is 13.9. The fourth-order valence-corrected chi connectivity index (χ4v) is 5.33. The number of esters is 1. The standard InChI is InChI=1S/C30H43N3O3/c1-3-5-6-7-24-36-29-14-12-27(13-15-29)31-18-16-28(17-19-31)33-22-20-32(21-23-33)26-10-8-25(9-11-26)30(34)35-4-2/h8-15,28H,3-7,16-24H2,1-2H3. The highest BCUT2D eigenvalue weighted by Crippen LogP contribution is 2.26. The molecule has 4 rings (SSSR count). The molecule has 2 heterocycles. The van der Waals surface area contributed by atoms with Gasteiger partial charge in [0.1, 0.15) is 5.75 Å². The van der Waals surface area contributed by atoms with Gasteiger partial charge in [-0.05, 0) is 74.7 Å². The number of piperidine rings is 1. The van der Waals surface area contributed by atoms with Crippen LogP contribution in [-0.2, 0) is 4.74 Å². The van der Waals surface area contributed by atoms with Crippen LogP contribution in [0.15, 0.2) is 48.5 Å². The van der Waals surface area contributed by atoms with Gasteiger partial charge in [-0.3, -0.25) is 4.90 Å². The summed E-state index contributed by atoms with van der Waals surface area (Å²) in [5, 5.41) is 0. The number of ether oxygens (including phenoxy) is 2. The largest absolute Gasteiger partial charge is 0.494 e. The second-order valence-electron chi connectivity index (χ2n) is 9.91. The number of piperazine rings is 1. The molecular weight excluding hydrogens is 450 g/mol. The van der Waals surface area contributed by atoms with Gasteiger partial charge in [0.05, 0.1) is 18.8 Å². The predicted molar refractivity (Wildman–Crippen MR) is 147 cm³/mol. The van der Waals surface area contributed by atoms with Crippen LogP contribution in [-0.4, -0.2) is 69.4 Å². The Labute approximate surface area is 217 Å². The second-order valence-corrected chi connectivity index (χ2v) is 9.91. The molecule has 0 N–H and O–H groups in total. The zero-order valence-electron chi connectivity index (χ0n) is 22.2. The quantitative estimate of drug-likeness (QED) is 0.299. The lowest BCUT2D eigenvalue weighted by atomic mass is 10.0. The number of benzene rings is 2. The van der Waals surface area contributed by atoms with Crippen LogP contribution in [0.2, 0.25) is 0 Å². The number of rotatable bonds is 11. The third kappa shape index (κ3) is 7.16. The van der Waals surface area contributed by atoms with Crippen molar-refractivity contribution in [1.82, 2.24) is 4.90 Å². The van der Waals surface area contributed by atoms with E-state index >= 15 is 0 Å². The number of nitrogens with zero attached hydrogens (tertiary/aromatic N) is 3. The molecule has 6 heteroatoms. The lowest BCUT2D eigenvalue weighted by Gasteiger charge is -2.43. The van der Waals surface area contributed by atoms with Crippen molar-refractivity contribution in [2.75, 3.05) is 62.3 Å². The highest BCUT2D eigenvalue weighted by Gasteiger charge is 2.27. The summed E-state index contributed by atoms with van der Waals surface area (Å²) in [6.45, 7) is 11.7. The molecule has 0 unspecified atom stereocenters. The molecule has 0 atom stereocenters. The van der Waals surface area contributed by atoms with Crippen molar-refractivity contribution in [3.8, 4) is 5.75 Å². The molecule has 0 aliphatic carbocycles. The second kappa shape index (κ2) is 13.5. The van der Waals surface area contributed by atoms with Crippen molar-refractivity contribution < 1.29 is 14.3 Å². The van der Waals surface area contributed by atoms with Gasteiger partial charge in [-0.2, -0.15) is 0 Å². The zero-order valence-corrected chi connectivity index (χ0v) is 22.2. The van der Waals surface area contributed by atoms with Crippen molar-refractivity contribution in [1.29, 1.82) is 0 Å². The van der Waals surface area contributed by atoms with Gasteiger partial charge in [-0.25, -0.2) is 4.79 Å². The maximum atomic E-state index is 11.9. The highest BCUT2D eigenvalue weighted by atomic mass is 16.5. The normalized spacial score (nSPS) is 17.3. The molecule has 2 aromatic rings. The maximum Gasteiger partial charge on any atom is 0.338 e. The lowest BCUT2D eigenvalue weighted by molar-refractivity contribution is 0.0526. The molecule has 2 aromatic carbocycles. The average Bonchev–Trinajstić information content (AvgIpc) is 2.94. The third-order valence-electron chi connectivity index (χ3n) is 7.51. The van der Waals surface area contributed by atoms with E-state index in [0.717, 1.165) is 58.0 Å². The smallest absolute Gasteiger partial charge is 0.338 e. The fourth-order valence-electron chi connectivity index (χ4n) is 5.33. The minimum atomic E-state index is -0.248. The molecule has 2 saturated heterocycles. The SMILES string of the molecule is CCCCCCOc1ccc(N2CCC(N3CCN(c4ccc(C(=O)OCC)cc4)CC3)CC2)cc1. The van der Waals surface area contributed by atoms with E-state index in [9.17, 15) is 4.79 Å². The molecule has 6 nitrogen and oxygen atoms in total. The molecule has 2 fully saturated rings. The van der Waals surface area contributed by atoms with Crippen LogP contribution in [0.25, 0.3) is 0 Å². The summed E-state index contributed by atoms with van der Waals surface area (Å²) < 4.78 is 11.0. The van der Waals surface area contributed by atoms with Gasteiger partial charge in [-0.1, -0.05) is 26.2 Å². The minimum absolute atomic E-state index is 0.248. The molecule has 36 heavy (non-hydrogen) atoms. The summed E-state index contributed by atoms with van der Waals surface area (Å²) in [7, 11) is 0. The van der Waals surface area contributed by atoms with E-state index in [1.807, 2.05) is 31.2 Å². The van der Waals surface area contributed by atoms with Crippen molar-refractivity contribution in [2.45, 2.75) is 58.4 Å². The molecule has 0 bridgehead atoms. The number of anilines is 2. The number of hydrogen-bond donors (Lipinski definition) is 0. The number of hydrogen-bond acceptors (Lipinski definition) is 6. The Morgan fingerprint density at radius 3 is 2.00 bits per heavy atom. The Bertz CT molecular complexity index is 915. The number of carbonyl (C=O) groups is 1. The molecule has 2 aliphatic rings. The summed E-state index contributed by atoms with van der Waals surface area (Å²) in [6, 6.07) is 17.2. The predicted octanol–water partition coefficient (Wildman–Crippen LogP) is 5.61. The molecule has 0 aromatic heterocycles. The summed E-state index contributed by atoms with van der Waals surface area (Å²) in [5.74, 6) is 0.737. The van der Waals surface area contributed by atoms with E-state index in [4.69, 9.17) is 9.47 Å². The van der Waals surface area contributed by atoms with Gasteiger partial charge in [0.15, 0.2) is 0 Å². The summed E-state index contributed by atoms with van der Waals surface area (Å²) in [6.07, 6.45) is 7.37. The fraction of sp³-hybridized carbons (Fsp3) is 0.567. The van der Waals surface area contributed by atoms with E-state index in [1.165, 1.54) is 43.5 Å². The van der Waals surface area contributed by atoms with E-state index in [0.29, 0.717) is 18.2 Å². The van der Waals surface area contributed by atoms with Gasteiger partial charge < -0.3 is 19.3 Å². The molecule has 196 valence electrons. The Morgan fingerprint density at radius 2 is 1.39 bits per heavy atom. The van der Waals surface area contributed by atoms with Crippen LogP contribution < -0.4 is 14.5 Å². The molecule has 0 saturated carbocycles. The van der Waals surface area contributed by atoms with Gasteiger partial charge in [0.25, 0.3) is 0 Å². The zero-order chi connectivity index (χ0) is 25.2. The van der Waals surface area contributed by atoms with Crippen LogP contribution in [0.1, 0.15) is 62.7 Å². The Kier molecular flexibility index (Phi) is 9.91. The summed E-state index contributed by atoms with van der Waals surface area (Å²) in [5.41, 5.74) is 3.12. The molecule has 2 aliphatic heterocycles. The first-order chi connectivity index (χ1) is 17.7. The topological polar surface area (TPSA) is 45.2 Å². The lowest BCUT2D eigenvalue weighted by Crippen LogP contribution is -2.53. The van der Waals surface area contributed by atoms with Crippen LogP contribution >= 0.6 is 0 Å². The van der Waals surface area contributed by atoms with Gasteiger partial charge in [-0.15, -0.1) is 0 Å². The molecule has 0 amide bonds. The van der Waals surface area contributed by atoms with Gasteiger partial charge in [0.2, 0.25) is 0 Å².